The van der Waals surface area contributed by atoms with Gasteiger partial charge in [-0.25, -0.2) is 0 Å². The molecule has 0 amide bonds. The van der Waals surface area contributed by atoms with Crippen LogP contribution in [0.15, 0.2) is 27.6 Å². The van der Waals surface area contributed by atoms with E-state index >= 15 is 0 Å². The van der Waals surface area contributed by atoms with E-state index < -0.39 is 17.0 Å². The number of ether oxygens (including phenoxy) is 1. The van der Waals surface area contributed by atoms with E-state index in [0.717, 1.165) is 16.6 Å². The van der Waals surface area contributed by atoms with Gasteiger partial charge in [0, 0.05) is 6.07 Å². The lowest BCUT2D eigenvalue weighted by Crippen LogP contribution is -2.35. The predicted molar refractivity (Wildman–Crippen MR) is 64.7 cm³/mol. The molecule has 0 radical (unpaired) electrons. The molecule has 1 aromatic carbocycles. The molecule has 1 heterocycles. The van der Waals surface area contributed by atoms with Gasteiger partial charge in [-0.3, -0.25) is 14.9 Å². The van der Waals surface area contributed by atoms with Crippen molar-refractivity contribution in [2.24, 2.45) is 0 Å². The van der Waals surface area contributed by atoms with Crippen LogP contribution >= 0.6 is 11.8 Å². The van der Waals surface area contributed by atoms with Crippen molar-refractivity contribution in [3.05, 3.63) is 28.3 Å². The zero-order valence-corrected chi connectivity index (χ0v) is 11.4. The van der Waals surface area contributed by atoms with Gasteiger partial charge in [0.25, 0.3) is 11.4 Å². The second-order valence-corrected chi connectivity index (χ2v) is 4.62. The first-order valence-corrected chi connectivity index (χ1v) is 6.41. The topological polar surface area (TPSA) is 135 Å². The van der Waals surface area contributed by atoms with E-state index in [0.29, 0.717) is 0 Å². The predicted octanol–water partition coefficient (Wildman–Crippen LogP) is -0.407. The average molecular weight is 312 g/mol. The van der Waals surface area contributed by atoms with Gasteiger partial charge in [-0.1, -0.05) is 0 Å². The molecule has 110 valence electrons. The Morgan fingerprint density at radius 3 is 2.90 bits per heavy atom. The van der Waals surface area contributed by atoms with Crippen LogP contribution in [0.25, 0.3) is 5.69 Å². The van der Waals surface area contributed by atoms with Crippen LogP contribution in [0.5, 0.6) is 6.08 Å². The minimum Gasteiger partial charge on any atom is -0.523 e. The average Bonchev–Trinajstić information content (AvgIpc) is 2.91. The Morgan fingerprint density at radius 1 is 1.57 bits per heavy atom. The van der Waals surface area contributed by atoms with E-state index in [1.165, 1.54) is 25.3 Å². The normalized spacial score (nSPS) is 10.3. The minimum atomic E-state index is -0.915. The third kappa shape index (κ3) is 3.45. The highest BCUT2D eigenvalue weighted by Gasteiger charge is 2.22. The van der Waals surface area contributed by atoms with Gasteiger partial charge in [-0.15, -0.1) is 11.8 Å². The number of carbonyl (C=O) groups excluding carboxylic acids is 1. The Labute approximate surface area is 121 Å². The van der Waals surface area contributed by atoms with Crippen molar-refractivity contribution >= 4 is 23.4 Å². The first-order chi connectivity index (χ1) is 10.0. The maximum Gasteiger partial charge on any atom is 0.315 e. The second-order valence-electron chi connectivity index (χ2n) is 3.60. The fourth-order valence-corrected chi connectivity index (χ4v) is 2.22. The zero-order valence-electron chi connectivity index (χ0n) is 10.6. The molecule has 0 unspecified atom stereocenters. The smallest absolute Gasteiger partial charge is 0.315 e. The zero-order chi connectivity index (χ0) is 15.4. The minimum absolute atomic E-state index is 0.0588. The van der Waals surface area contributed by atoms with Gasteiger partial charge < -0.3 is 14.4 Å². The number of hydrogen-bond donors (Lipinski definition) is 0. The first kappa shape index (κ1) is 14.7. The molecule has 11 heteroatoms. The monoisotopic (exact) mass is 312 g/mol. The molecule has 0 saturated heterocycles. The quantitative estimate of drug-likeness (QED) is 0.237. The van der Waals surface area contributed by atoms with Gasteiger partial charge in [0.1, 0.15) is 5.27 Å². The van der Waals surface area contributed by atoms with Gasteiger partial charge in [-0.2, -0.15) is 0 Å². The Hall–Kier alpha value is -2.69. The molecule has 0 bridgehead atoms. The molecule has 1 aromatic heterocycles. The van der Waals surface area contributed by atoms with Crippen molar-refractivity contribution in [3.8, 4) is 11.8 Å². The summed E-state index contributed by atoms with van der Waals surface area (Å²) < 4.78 is 8.72. The number of hydrogen-bond acceptors (Lipinski definition) is 9. The molecular weight excluding hydrogens is 304 g/mol. The van der Waals surface area contributed by atoms with Crippen LogP contribution in [-0.2, 0) is 9.53 Å². The molecule has 0 aliphatic carbocycles. The SMILES string of the molecule is COC(=O)CSc1ccc(-[n+]2noc([O-])n2)cc1[N+](=O)[O-]. The van der Waals surface area contributed by atoms with Crippen LogP contribution < -0.4 is 9.90 Å². The summed E-state index contributed by atoms with van der Waals surface area (Å²) in [5, 5.41) is 28.6. The summed E-state index contributed by atoms with van der Waals surface area (Å²) in [6.07, 6.45) is -0.915. The van der Waals surface area contributed by atoms with E-state index in [-0.39, 0.29) is 22.0 Å². The molecular formula is C10H8N4O6S. The number of thioether (sulfide) groups is 1. The van der Waals surface area contributed by atoms with Gasteiger partial charge in [0.2, 0.25) is 6.08 Å². The number of rotatable bonds is 5. The highest BCUT2D eigenvalue weighted by molar-refractivity contribution is 8.00. The third-order valence-corrected chi connectivity index (χ3v) is 3.35. The Bertz CT molecular complexity index is 688. The van der Waals surface area contributed by atoms with Gasteiger partial charge in [0.05, 0.1) is 38.6 Å². The number of carbonyl (C=O) groups is 1. The summed E-state index contributed by atoms with van der Waals surface area (Å²) in [7, 11) is 1.23. The number of esters is 1. The summed E-state index contributed by atoms with van der Waals surface area (Å²) in [5.74, 6) is -0.557. The van der Waals surface area contributed by atoms with Gasteiger partial charge >= 0.3 is 5.97 Å². The molecule has 2 rings (SSSR count). The summed E-state index contributed by atoms with van der Waals surface area (Å²) >= 11 is 0.966. The number of methoxy groups -OCH3 is 1. The lowest BCUT2D eigenvalue weighted by atomic mass is 10.3. The molecule has 0 saturated carbocycles. The van der Waals surface area contributed by atoms with E-state index in [2.05, 4.69) is 19.6 Å². The van der Waals surface area contributed by atoms with Crippen molar-refractivity contribution < 1.29 is 28.9 Å². The number of benzene rings is 1. The molecule has 0 fully saturated rings. The fraction of sp³-hybridized carbons (Fsp3) is 0.200. The van der Waals surface area contributed by atoms with Crippen LogP contribution in [0.4, 0.5) is 5.69 Å². The van der Waals surface area contributed by atoms with E-state index in [4.69, 9.17) is 0 Å². The van der Waals surface area contributed by atoms with Crippen LogP contribution in [0, 0.1) is 10.1 Å². The highest BCUT2D eigenvalue weighted by atomic mass is 32.2. The van der Waals surface area contributed by atoms with Crippen molar-refractivity contribution in [1.82, 2.24) is 10.4 Å². The van der Waals surface area contributed by atoms with Crippen LogP contribution in [0.2, 0.25) is 0 Å². The molecule has 10 nitrogen and oxygen atoms in total. The maximum atomic E-state index is 11.1. The van der Waals surface area contributed by atoms with Crippen molar-refractivity contribution in [2.45, 2.75) is 4.90 Å². The number of nitro benzene ring substituents is 1. The van der Waals surface area contributed by atoms with Gasteiger partial charge in [0.15, 0.2) is 0 Å². The third-order valence-electron chi connectivity index (χ3n) is 2.32. The molecule has 0 aliphatic rings. The number of aromatic nitrogens is 3. The molecule has 0 N–H and O–H groups in total. The molecule has 2 aromatic rings. The molecule has 0 spiro atoms. The maximum absolute atomic E-state index is 11.1. The van der Waals surface area contributed by atoms with Crippen LogP contribution in [0.3, 0.4) is 0 Å². The number of nitro groups is 1. The summed E-state index contributed by atoms with van der Waals surface area (Å²) in [6, 6.07) is 4.06. The lowest BCUT2D eigenvalue weighted by molar-refractivity contribution is -0.726. The van der Waals surface area contributed by atoms with Crippen molar-refractivity contribution in [2.75, 3.05) is 12.9 Å². The van der Waals surface area contributed by atoms with E-state index in [9.17, 15) is 20.0 Å². The molecule has 0 atom stereocenters. The largest absolute Gasteiger partial charge is 0.523 e. The number of nitrogens with zero attached hydrogens (tertiary/aromatic N) is 4. The van der Waals surface area contributed by atoms with Crippen molar-refractivity contribution in [3.63, 3.8) is 0 Å². The summed E-state index contributed by atoms with van der Waals surface area (Å²) in [5.41, 5.74) is -0.0545. The van der Waals surface area contributed by atoms with E-state index in [1.807, 2.05) is 0 Å². The second kappa shape index (κ2) is 6.17. The van der Waals surface area contributed by atoms with Gasteiger partial charge in [-0.05, 0) is 6.07 Å². The van der Waals surface area contributed by atoms with Crippen LogP contribution in [0.1, 0.15) is 0 Å². The summed E-state index contributed by atoms with van der Waals surface area (Å²) in [6.45, 7) is 0. The Kier molecular flexibility index (Phi) is 4.33. The molecule has 0 aliphatic heterocycles. The summed E-state index contributed by atoms with van der Waals surface area (Å²) in [4.78, 5) is 22.6. The highest BCUT2D eigenvalue weighted by Crippen LogP contribution is 2.30. The first-order valence-electron chi connectivity index (χ1n) is 5.43. The molecule has 21 heavy (non-hydrogen) atoms. The fourth-order valence-electron chi connectivity index (χ4n) is 1.38. The van der Waals surface area contributed by atoms with Crippen LogP contribution in [-0.4, -0.2) is 34.1 Å². The van der Waals surface area contributed by atoms with Crippen molar-refractivity contribution in [1.29, 1.82) is 0 Å². The lowest BCUT2D eigenvalue weighted by Gasteiger charge is -2.01. The Balaban J connectivity index is 2.31. The Morgan fingerprint density at radius 2 is 2.33 bits per heavy atom. The standard InChI is InChI=1S/C10H8N4O6S/c1-19-9(15)5-21-8-3-2-6(4-7(8)14(17)18)13-11-10(16)20-12-13/h2-4H,5H2,1H3. The van der Waals surface area contributed by atoms with E-state index in [1.54, 1.807) is 0 Å².